The largest absolute Gasteiger partial charge is 0.347 e. The molecular formula is C18H20N6O4. The number of hydrogen-bond donors (Lipinski definition) is 0. The van der Waals surface area contributed by atoms with Gasteiger partial charge in [-0.25, -0.2) is 4.98 Å². The normalized spacial score (nSPS) is 19.1. The van der Waals surface area contributed by atoms with E-state index < -0.39 is 5.79 Å². The van der Waals surface area contributed by atoms with Crippen molar-refractivity contribution < 1.29 is 14.3 Å². The third-order valence-electron chi connectivity index (χ3n) is 5.51. The van der Waals surface area contributed by atoms with Gasteiger partial charge in [-0.3, -0.25) is 18.6 Å². The summed E-state index contributed by atoms with van der Waals surface area (Å²) in [6.07, 6.45) is 2.92. The van der Waals surface area contributed by atoms with Gasteiger partial charge in [-0.05, 0) is 19.1 Å². The Balaban J connectivity index is 1.47. The highest BCUT2D eigenvalue weighted by atomic mass is 16.7. The van der Waals surface area contributed by atoms with Gasteiger partial charge in [0.2, 0.25) is 11.6 Å². The number of piperidine rings is 1. The third kappa shape index (κ3) is 2.60. The van der Waals surface area contributed by atoms with Gasteiger partial charge in [-0.1, -0.05) is 0 Å². The summed E-state index contributed by atoms with van der Waals surface area (Å²) in [6.45, 7) is 3.96. The van der Waals surface area contributed by atoms with Gasteiger partial charge < -0.3 is 14.4 Å². The minimum absolute atomic E-state index is 0.0713. The second kappa shape index (κ2) is 6.35. The van der Waals surface area contributed by atoms with E-state index in [4.69, 9.17) is 9.47 Å². The minimum Gasteiger partial charge on any atom is -0.347 e. The predicted octanol–water partition coefficient (Wildman–Crippen LogP) is 0.113. The second-order valence-electron chi connectivity index (χ2n) is 7.13. The Bertz CT molecular complexity index is 1120. The number of amides is 1. The van der Waals surface area contributed by atoms with Crippen molar-refractivity contribution in [2.45, 2.75) is 32.1 Å². The first-order valence-electron chi connectivity index (χ1n) is 9.33. The Kier molecular flexibility index (Phi) is 3.91. The SMILES string of the molecule is Cc1nnc2c(=O)n(CC(=O)N3CCC4(CC3)OCCO4)c3cccnc3n12. The Morgan fingerprint density at radius 3 is 2.68 bits per heavy atom. The summed E-state index contributed by atoms with van der Waals surface area (Å²) in [7, 11) is 0. The Labute approximate surface area is 159 Å². The number of likely N-dealkylation sites (tertiary alicyclic amines) is 1. The number of rotatable bonds is 2. The lowest BCUT2D eigenvalue weighted by Crippen LogP contribution is -2.48. The van der Waals surface area contributed by atoms with Crippen molar-refractivity contribution >= 4 is 22.7 Å². The molecule has 2 aliphatic rings. The molecule has 0 radical (unpaired) electrons. The Morgan fingerprint density at radius 1 is 1.18 bits per heavy atom. The zero-order chi connectivity index (χ0) is 19.3. The van der Waals surface area contributed by atoms with E-state index in [1.54, 1.807) is 34.6 Å². The molecule has 3 aromatic rings. The maximum atomic E-state index is 13.0. The van der Waals surface area contributed by atoms with E-state index >= 15 is 0 Å². The van der Waals surface area contributed by atoms with Gasteiger partial charge in [-0.15, -0.1) is 10.2 Å². The van der Waals surface area contributed by atoms with E-state index in [1.807, 2.05) is 0 Å². The molecule has 0 aliphatic carbocycles. The summed E-state index contributed by atoms with van der Waals surface area (Å²) < 4.78 is 14.5. The van der Waals surface area contributed by atoms with Crippen LogP contribution in [-0.2, 0) is 20.8 Å². The molecule has 0 bridgehead atoms. The van der Waals surface area contributed by atoms with Crippen LogP contribution in [0.3, 0.4) is 0 Å². The predicted molar refractivity (Wildman–Crippen MR) is 97.7 cm³/mol. The molecule has 0 saturated carbocycles. The fourth-order valence-corrected chi connectivity index (χ4v) is 4.03. The topological polar surface area (TPSA) is 104 Å². The van der Waals surface area contributed by atoms with Crippen LogP contribution in [0.2, 0.25) is 0 Å². The smallest absolute Gasteiger partial charge is 0.297 e. The van der Waals surface area contributed by atoms with Crippen molar-refractivity contribution in [2.75, 3.05) is 26.3 Å². The molecule has 1 spiro atoms. The average Bonchev–Trinajstić information content (AvgIpc) is 3.33. The number of ether oxygens (including phenoxy) is 2. The van der Waals surface area contributed by atoms with Crippen molar-refractivity contribution in [1.29, 1.82) is 0 Å². The van der Waals surface area contributed by atoms with Crippen LogP contribution in [0.4, 0.5) is 0 Å². The molecule has 0 aromatic carbocycles. The van der Waals surface area contributed by atoms with Crippen molar-refractivity contribution in [1.82, 2.24) is 29.0 Å². The van der Waals surface area contributed by atoms with Gasteiger partial charge in [0, 0.05) is 32.1 Å². The number of carbonyl (C=O) groups is 1. The van der Waals surface area contributed by atoms with Gasteiger partial charge in [-0.2, -0.15) is 0 Å². The monoisotopic (exact) mass is 384 g/mol. The van der Waals surface area contributed by atoms with Crippen molar-refractivity contribution in [3.05, 3.63) is 34.5 Å². The third-order valence-corrected chi connectivity index (χ3v) is 5.51. The molecule has 2 fully saturated rings. The standard InChI is InChI=1S/C18H20N6O4/c1-12-20-21-16-17(26)23(13-3-2-6-19-15(13)24(12)16)11-14(25)22-7-4-18(5-8-22)27-9-10-28-18/h2-3,6H,4-5,7-11H2,1H3. The molecule has 10 heteroatoms. The summed E-state index contributed by atoms with van der Waals surface area (Å²) >= 11 is 0. The van der Waals surface area contributed by atoms with Gasteiger partial charge >= 0.3 is 0 Å². The van der Waals surface area contributed by atoms with E-state index in [0.717, 1.165) is 0 Å². The molecule has 2 saturated heterocycles. The number of aryl methyl sites for hydroxylation is 1. The lowest BCUT2D eigenvalue weighted by atomic mass is 10.0. The minimum atomic E-state index is -0.539. The van der Waals surface area contributed by atoms with Crippen LogP contribution in [0.15, 0.2) is 23.1 Å². The molecule has 0 N–H and O–H groups in total. The lowest BCUT2D eigenvalue weighted by Gasteiger charge is -2.37. The molecule has 3 aromatic heterocycles. The highest BCUT2D eigenvalue weighted by molar-refractivity contribution is 5.80. The molecule has 5 rings (SSSR count). The molecule has 10 nitrogen and oxygen atoms in total. The molecule has 0 unspecified atom stereocenters. The second-order valence-corrected chi connectivity index (χ2v) is 7.13. The Hall–Kier alpha value is -2.85. The van der Waals surface area contributed by atoms with Crippen molar-refractivity contribution in [3.8, 4) is 0 Å². The zero-order valence-electron chi connectivity index (χ0n) is 15.5. The molecule has 146 valence electrons. The maximum absolute atomic E-state index is 13.0. The average molecular weight is 384 g/mol. The first-order valence-corrected chi connectivity index (χ1v) is 9.33. The van der Waals surface area contributed by atoms with Gasteiger partial charge in [0.1, 0.15) is 12.4 Å². The summed E-state index contributed by atoms with van der Waals surface area (Å²) in [5, 5.41) is 7.97. The fourth-order valence-electron chi connectivity index (χ4n) is 4.03. The van der Waals surface area contributed by atoms with E-state index in [1.165, 1.54) is 4.57 Å². The molecular weight excluding hydrogens is 364 g/mol. The lowest BCUT2D eigenvalue weighted by molar-refractivity contribution is -0.187. The van der Waals surface area contributed by atoms with Crippen LogP contribution in [0.1, 0.15) is 18.7 Å². The molecule has 1 amide bonds. The molecule has 0 atom stereocenters. The van der Waals surface area contributed by atoms with Crippen LogP contribution < -0.4 is 5.56 Å². The molecule has 28 heavy (non-hydrogen) atoms. The van der Waals surface area contributed by atoms with E-state index in [9.17, 15) is 9.59 Å². The van der Waals surface area contributed by atoms with Gasteiger partial charge in [0.25, 0.3) is 5.56 Å². The first kappa shape index (κ1) is 17.3. The fraction of sp³-hybridized carbons (Fsp3) is 0.500. The highest BCUT2D eigenvalue weighted by Gasteiger charge is 2.40. The van der Waals surface area contributed by atoms with Crippen molar-refractivity contribution in [2.24, 2.45) is 0 Å². The summed E-state index contributed by atoms with van der Waals surface area (Å²) in [4.78, 5) is 32.0. The number of hydrogen-bond acceptors (Lipinski definition) is 7. The quantitative estimate of drug-likeness (QED) is 0.618. The van der Waals surface area contributed by atoms with E-state index in [2.05, 4.69) is 15.2 Å². The number of nitrogens with zero attached hydrogens (tertiary/aromatic N) is 6. The van der Waals surface area contributed by atoms with Crippen LogP contribution in [-0.4, -0.2) is 67.0 Å². The van der Waals surface area contributed by atoms with Crippen LogP contribution in [0.5, 0.6) is 0 Å². The number of pyridine rings is 1. The summed E-state index contributed by atoms with van der Waals surface area (Å²) in [5.74, 6) is -0.0878. The van der Waals surface area contributed by atoms with Gasteiger partial charge in [0.15, 0.2) is 11.4 Å². The number of carbonyl (C=O) groups excluding carboxylic acids is 1. The molecule has 5 heterocycles. The molecule has 2 aliphatic heterocycles. The number of aromatic nitrogens is 5. The van der Waals surface area contributed by atoms with Crippen LogP contribution >= 0.6 is 0 Å². The summed E-state index contributed by atoms with van der Waals surface area (Å²) in [6, 6.07) is 3.52. The van der Waals surface area contributed by atoms with E-state index in [0.29, 0.717) is 56.1 Å². The van der Waals surface area contributed by atoms with E-state index in [-0.39, 0.29) is 23.7 Å². The highest BCUT2D eigenvalue weighted by Crippen LogP contribution is 2.31. The zero-order valence-corrected chi connectivity index (χ0v) is 15.5. The Morgan fingerprint density at radius 2 is 1.93 bits per heavy atom. The van der Waals surface area contributed by atoms with Crippen LogP contribution in [0, 0.1) is 6.92 Å². The first-order chi connectivity index (χ1) is 13.6. The summed E-state index contributed by atoms with van der Waals surface area (Å²) in [5.41, 5.74) is 0.942. The maximum Gasteiger partial charge on any atom is 0.297 e. The van der Waals surface area contributed by atoms with Gasteiger partial charge in [0.05, 0.1) is 18.7 Å². The van der Waals surface area contributed by atoms with Crippen molar-refractivity contribution in [3.63, 3.8) is 0 Å². The van der Waals surface area contributed by atoms with Crippen LogP contribution in [0.25, 0.3) is 16.8 Å². The number of fused-ring (bicyclic) bond motifs is 3.